The van der Waals surface area contributed by atoms with Gasteiger partial charge >= 0.3 is 0 Å². The van der Waals surface area contributed by atoms with Crippen molar-refractivity contribution in [1.29, 1.82) is 5.26 Å². The van der Waals surface area contributed by atoms with Crippen LogP contribution in [0, 0.1) is 32.1 Å². The molecule has 0 N–H and O–H groups in total. The van der Waals surface area contributed by atoms with Crippen molar-refractivity contribution in [3.63, 3.8) is 0 Å². The molecule has 2 aromatic rings. The minimum atomic E-state index is 0.669. The number of aryl methyl sites for hydroxylation is 1. The second-order valence-electron chi connectivity index (χ2n) is 3.87. The van der Waals surface area contributed by atoms with E-state index >= 15 is 0 Å². The number of hydrogen-bond acceptors (Lipinski definition) is 2. The van der Waals surface area contributed by atoms with E-state index in [2.05, 4.69) is 18.1 Å². The van der Waals surface area contributed by atoms with Gasteiger partial charge in [-0.05, 0) is 50.6 Å². The molecule has 3 heteroatoms. The van der Waals surface area contributed by atoms with E-state index in [9.17, 15) is 0 Å². The van der Waals surface area contributed by atoms with Crippen molar-refractivity contribution in [3.8, 4) is 11.8 Å². The second-order valence-corrected chi connectivity index (χ2v) is 3.87. The topological polar surface area (TPSA) is 41.6 Å². The standard InChI is InChI=1S/C13H13N3/c1-9-10(2)15-16(11(9)3)13-6-4-12(8-14)5-7-13/h4-7H,1-3H3. The molecule has 0 unspecified atom stereocenters. The van der Waals surface area contributed by atoms with Gasteiger partial charge in [0.2, 0.25) is 0 Å². The Kier molecular flexibility index (Phi) is 2.49. The van der Waals surface area contributed by atoms with Crippen molar-refractivity contribution in [1.82, 2.24) is 9.78 Å². The SMILES string of the molecule is Cc1nn(-c2ccc(C#N)cc2)c(C)c1C. The Morgan fingerprint density at radius 3 is 2.19 bits per heavy atom. The van der Waals surface area contributed by atoms with Gasteiger partial charge in [-0.1, -0.05) is 0 Å². The molecule has 2 rings (SSSR count). The maximum Gasteiger partial charge on any atom is 0.0991 e. The van der Waals surface area contributed by atoms with Gasteiger partial charge < -0.3 is 0 Å². The molecular formula is C13H13N3. The van der Waals surface area contributed by atoms with Crippen molar-refractivity contribution in [2.75, 3.05) is 0 Å². The molecule has 0 amide bonds. The first-order valence-electron chi connectivity index (χ1n) is 5.17. The summed E-state index contributed by atoms with van der Waals surface area (Å²) < 4.78 is 1.91. The highest BCUT2D eigenvalue weighted by Gasteiger charge is 2.08. The zero-order valence-electron chi connectivity index (χ0n) is 9.65. The van der Waals surface area contributed by atoms with Gasteiger partial charge in [-0.15, -0.1) is 0 Å². The van der Waals surface area contributed by atoms with Crippen LogP contribution in [-0.2, 0) is 0 Å². The third kappa shape index (κ3) is 1.59. The normalized spacial score (nSPS) is 10.1. The lowest BCUT2D eigenvalue weighted by Crippen LogP contribution is -1.98. The Morgan fingerprint density at radius 1 is 1.12 bits per heavy atom. The third-order valence-corrected chi connectivity index (χ3v) is 2.89. The van der Waals surface area contributed by atoms with Gasteiger partial charge in [-0.3, -0.25) is 0 Å². The Bertz CT molecular complexity index is 556. The fourth-order valence-corrected chi connectivity index (χ4v) is 1.65. The van der Waals surface area contributed by atoms with E-state index in [4.69, 9.17) is 5.26 Å². The van der Waals surface area contributed by atoms with E-state index in [1.54, 1.807) is 12.1 Å². The van der Waals surface area contributed by atoms with Crippen LogP contribution in [0.15, 0.2) is 24.3 Å². The van der Waals surface area contributed by atoms with Crippen LogP contribution in [0.5, 0.6) is 0 Å². The quantitative estimate of drug-likeness (QED) is 0.727. The van der Waals surface area contributed by atoms with E-state index in [0.717, 1.165) is 17.1 Å². The van der Waals surface area contributed by atoms with Crippen molar-refractivity contribution in [2.45, 2.75) is 20.8 Å². The maximum atomic E-state index is 8.73. The number of hydrogen-bond donors (Lipinski definition) is 0. The smallest absolute Gasteiger partial charge is 0.0991 e. The number of nitriles is 1. The molecule has 0 atom stereocenters. The summed E-state index contributed by atoms with van der Waals surface area (Å²) in [6, 6.07) is 9.55. The number of nitrogens with zero attached hydrogens (tertiary/aromatic N) is 3. The maximum absolute atomic E-state index is 8.73. The Labute approximate surface area is 94.9 Å². The molecule has 0 spiro atoms. The van der Waals surface area contributed by atoms with Crippen molar-refractivity contribution >= 4 is 0 Å². The Morgan fingerprint density at radius 2 is 1.75 bits per heavy atom. The highest BCUT2D eigenvalue weighted by atomic mass is 15.3. The molecule has 16 heavy (non-hydrogen) atoms. The summed E-state index contributed by atoms with van der Waals surface area (Å²) in [5.41, 5.74) is 5.06. The molecule has 1 aromatic carbocycles. The molecule has 0 saturated carbocycles. The second kappa shape index (κ2) is 3.82. The van der Waals surface area contributed by atoms with Crippen LogP contribution in [0.1, 0.15) is 22.5 Å². The highest BCUT2D eigenvalue weighted by Crippen LogP contribution is 2.16. The Balaban J connectivity index is 2.51. The number of aromatic nitrogens is 2. The molecule has 0 aliphatic rings. The average Bonchev–Trinajstić information content (AvgIpc) is 2.57. The zero-order valence-corrected chi connectivity index (χ0v) is 9.65. The summed E-state index contributed by atoms with van der Waals surface area (Å²) in [5, 5.41) is 13.2. The summed E-state index contributed by atoms with van der Waals surface area (Å²) in [7, 11) is 0. The van der Waals surface area contributed by atoms with Crippen LogP contribution in [0.25, 0.3) is 5.69 Å². The first kappa shape index (κ1) is 10.4. The third-order valence-electron chi connectivity index (χ3n) is 2.89. The van der Waals surface area contributed by atoms with Gasteiger partial charge in [0.1, 0.15) is 0 Å². The lowest BCUT2D eigenvalue weighted by Gasteiger charge is -2.04. The summed E-state index contributed by atoms with van der Waals surface area (Å²) in [6.07, 6.45) is 0. The Hall–Kier alpha value is -2.08. The zero-order chi connectivity index (χ0) is 11.7. The highest BCUT2D eigenvalue weighted by molar-refractivity contribution is 5.41. The van der Waals surface area contributed by atoms with Crippen LogP contribution in [0.4, 0.5) is 0 Å². The first-order chi connectivity index (χ1) is 7.63. The minimum absolute atomic E-state index is 0.669. The van der Waals surface area contributed by atoms with Crippen molar-refractivity contribution < 1.29 is 0 Å². The molecule has 0 fully saturated rings. The fraction of sp³-hybridized carbons (Fsp3) is 0.231. The van der Waals surface area contributed by atoms with E-state index in [1.807, 2.05) is 30.7 Å². The van der Waals surface area contributed by atoms with E-state index in [0.29, 0.717) is 5.56 Å². The molecule has 1 heterocycles. The number of benzene rings is 1. The van der Waals surface area contributed by atoms with Crippen LogP contribution in [-0.4, -0.2) is 9.78 Å². The van der Waals surface area contributed by atoms with Gasteiger partial charge in [-0.2, -0.15) is 10.4 Å². The molecule has 3 nitrogen and oxygen atoms in total. The average molecular weight is 211 g/mol. The van der Waals surface area contributed by atoms with Crippen LogP contribution in [0.2, 0.25) is 0 Å². The van der Waals surface area contributed by atoms with Crippen LogP contribution in [0.3, 0.4) is 0 Å². The predicted molar refractivity (Wildman–Crippen MR) is 62.5 cm³/mol. The van der Waals surface area contributed by atoms with E-state index in [1.165, 1.54) is 5.56 Å². The molecule has 0 radical (unpaired) electrons. The summed E-state index contributed by atoms with van der Waals surface area (Å²) in [5.74, 6) is 0. The number of rotatable bonds is 1. The fourth-order valence-electron chi connectivity index (χ4n) is 1.65. The lowest BCUT2D eigenvalue weighted by atomic mass is 10.2. The van der Waals surface area contributed by atoms with E-state index in [-0.39, 0.29) is 0 Å². The molecule has 0 aliphatic carbocycles. The van der Waals surface area contributed by atoms with Crippen LogP contribution < -0.4 is 0 Å². The molecule has 0 bridgehead atoms. The minimum Gasteiger partial charge on any atom is -0.238 e. The van der Waals surface area contributed by atoms with E-state index < -0.39 is 0 Å². The van der Waals surface area contributed by atoms with Gasteiger partial charge in [0.25, 0.3) is 0 Å². The van der Waals surface area contributed by atoms with Gasteiger partial charge in [-0.25, -0.2) is 4.68 Å². The van der Waals surface area contributed by atoms with Crippen molar-refractivity contribution in [2.24, 2.45) is 0 Å². The molecule has 1 aromatic heterocycles. The molecule has 0 saturated heterocycles. The lowest BCUT2D eigenvalue weighted by molar-refractivity contribution is 0.833. The molecule has 80 valence electrons. The first-order valence-corrected chi connectivity index (χ1v) is 5.17. The van der Waals surface area contributed by atoms with Gasteiger partial charge in [0.15, 0.2) is 0 Å². The van der Waals surface area contributed by atoms with Gasteiger partial charge in [0, 0.05) is 5.69 Å². The predicted octanol–water partition coefficient (Wildman–Crippen LogP) is 2.67. The van der Waals surface area contributed by atoms with Crippen LogP contribution >= 0.6 is 0 Å². The van der Waals surface area contributed by atoms with Gasteiger partial charge in [0.05, 0.1) is 23.0 Å². The molecular weight excluding hydrogens is 198 g/mol. The monoisotopic (exact) mass is 211 g/mol. The molecule has 0 aliphatic heterocycles. The van der Waals surface area contributed by atoms with Crippen molar-refractivity contribution in [3.05, 3.63) is 46.8 Å². The summed E-state index contributed by atoms with van der Waals surface area (Å²) >= 11 is 0. The summed E-state index contributed by atoms with van der Waals surface area (Å²) in [4.78, 5) is 0. The largest absolute Gasteiger partial charge is 0.238 e. The summed E-state index contributed by atoms with van der Waals surface area (Å²) in [6.45, 7) is 6.12.